The predicted octanol–water partition coefficient (Wildman–Crippen LogP) is 1.31. The molecule has 4 nitrogen and oxygen atoms in total. The van der Waals surface area contributed by atoms with Gasteiger partial charge in [0.1, 0.15) is 5.82 Å². The quantitative estimate of drug-likeness (QED) is 0.797. The number of hydrogen-bond donors (Lipinski definition) is 2. The first kappa shape index (κ1) is 9.66. The highest BCUT2D eigenvalue weighted by atomic mass is 16.3. The number of aromatic amines is 1. The molecular formula is C12H15N3O. The maximum atomic E-state index is 9.09. The predicted molar refractivity (Wildman–Crippen MR) is 63.7 cm³/mol. The third-order valence-corrected chi connectivity index (χ3v) is 3.20. The molecule has 0 saturated carbocycles. The summed E-state index contributed by atoms with van der Waals surface area (Å²) in [6.45, 7) is 1.82. The van der Waals surface area contributed by atoms with E-state index in [0.717, 1.165) is 30.7 Å². The summed E-state index contributed by atoms with van der Waals surface area (Å²) in [6, 6.07) is 2.00. The van der Waals surface area contributed by atoms with Crippen LogP contribution in [0.1, 0.15) is 12.0 Å². The molecule has 0 aliphatic carbocycles. The van der Waals surface area contributed by atoms with Gasteiger partial charge in [-0.1, -0.05) is 0 Å². The smallest absolute Gasteiger partial charge is 0.138 e. The summed E-state index contributed by atoms with van der Waals surface area (Å²) in [4.78, 5) is 9.92. The third kappa shape index (κ3) is 1.38. The zero-order chi connectivity index (χ0) is 11.0. The molecule has 0 atom stereocenters. The topological polar surface area (TPSA) is 52.1 Å². The molecule has 84 valence electrons. The third-order valence-electron chi connectivity index (χ3n) is 3.20. The Kier molecular flexibility index (Phi) is 2.29. The van der Waals surface area contributed by atoms with Crippen LogP contribution >= 0.6 is 0 Å². The van der Waals surface area contributed by atoms with Gasteiger partial charge in [-0.15, -0.1) is 0 Å². The van der Waals surface area contributed by atoms with E-state index in [1.807, 2.05) is 12.3 Å². The zero-order valence-corrected chi connectivity index (χ0v) is 9.11. The van der Waals surface area contributed by atoms with E-state index in [9.17, 15) is 0 Å². The molecule has 2 N–H and O–H groups in total. The van der Waals surface area contributed by atoms with Gasteiger partial charge in [-0.3, -0.25) is 0 Å². The number of β-amino-alcohol motifs (C(OH)–C–C–N with tert-alkyl or cyclic N) is 1. The van der Waals surface area contributed by atoms with Crippen LogP contribution in [0.5, 0.6) is 0 Å². The molecule has 1 aliphatic heterocycles. The molecule has 2 aromatic heterocycles. The fourth-order valence-electron chi connectivity index (χ4n) is 2.47. The van der Waals surface area contributed by atoms with Crippen molar-refractivity contribution in [3.8, 4) is 0 Å². The van der Waals surface area contributed by atoms with Gasteiger partial charge >= 0.3 is 0 Å². The summed E-state index contributed by atoms with van der Waals surface area (Å²) in [5.41, 5.74) is 2.49. The van der Waals surface area contributed by atoms with Crippen LogP contribution in [0.4, 0.5) is 5.82 Å². The molecule has 0 bridgehead atoms. The number of nitrogens with one attached hydrogen (secondary N) is 1. The molecule has 1 aliphatic rings. The van der Waals surface area contributed by atoms with Gasteiger partial charge in [-0.2, -0.15) is 0 Å². The van der Waals surface area contributed by atoms with Crippen molar-refractivity contribution < 1.29 is 5.11 Å². The van der Waals surface area contributed by atoms with E-state index >= 15 is 0 Å². The summed E-state index contributed by atoms with van der Waals surface area (Å²) in [7, 11) is 0. The maximum absolute atomic E-state index is 9.09. The number of aromatic nitrogens is 2. The SMILES string of the molecule is OCCN1CCCc2c[nH]c3ccnc1c23. The van der Waals surface area contributed by atoms with E-state index in [2.05, 4.69) is 21.1 Å². The van der Waals surface area contributed by atoms with Crippen LogP contribution in [-0.4, -0.2) is 34.8 Å². The van der Waals surface area contributed by atoms with E-state index in [1.165, 1.54) is 10.9 Å². The molecule has 2 aromatic rings. The lowest BCUT2D eigenvalue weighted by molar-refractivity contribution is 0.301. The average Bonchev–Trinajstić information content (AvgIpc) is 2.62. The monoisotopic (exact) mass is 217 g/mol. The van der Waals surface area contributed by atoms with Crippen molar-refractivity contribution in [2.45, 2.75) is 12.8 Å². The van der Waals surface area contributed by atoms with Gasteiger partial charge in [0.05, 0.1) is 12.1 Å². The van der Waals surface area contributed by atoms with E-state index in [1.54, 1.807) is 0 Å². The molecule has 0 radical (unpaired) electrons. The molecule has 4 heteroatoms. The Morgan fingerprint density at radius 1 is 1.50 bits per heavy atom. The van der Waals surface area contributed by atoms with Crippen LogP contribution in [0.2, 0.25) is 0 Å². The van der Waals surface area contributed by atoms with Crippen LogP contribution in [0.3, 0.4) is 0 Å². The number of nitrogens with zero attached hydrogens (tertiary/aromatic N) is 2. The standard InChI is InChI=1S/C12H15N3O/c16-7-6-15-5-1-2-9-8-14-10-3-4-13-12(15)11(9)10/h3-4,8,14,16H,1-2,5-7H2. The molecule has 0 unspecified atom stereocenters. The van der Waals surface area contributed by atoms with Gasteiger partial charge in [0.2, 0.25) is 0 Å². The molecule has 0 amide bonds. The van der Waals surface area contributed by atoms with E-state index < -0.39 is 0 Å². The van der Waals surface area contributed by atoms with E-state index in [4.69, 9.17) is 5.11 Å². The molecule has 0 aromatic carbocycles. The van der Waals surface area contributed by atoms with Gasteiger partial charge in [-0.05, 0) is 24.5 Å². The number of hydrogen-bond acceptors (Lipinski definition) is 3. The summed E-state index contributed by atoms with van der Waals surface area (Å²) < 4.78 is 0. The summed E-state index contributed by atoms with van der Waals surface area (Å²) in [6.07, 6.45) is 6.11. The molecule has 0 saturated heterocycles. The van der Waals surface area contributed by atoms with Crippen molar-refractivity contribution in [3.63, 3.8) is 0 Å². The Hall–Kier alpha value is -1.55. The van der Waals surface area contributed by atoms with Crippen molar-refractivity contribution in [2.75, 3.05) is 24.6 Å². The second-order valence-corrected chi connectivity index (χ2v) is 4.19. The number of aryl methyl sites for hydroxylation is 1. The minimum Gasteiger partial charge on any atom is -0.395 e. The van der Waals surface area contributed by atoms with Gasteiger partial charge < -0.3 is 15.0 Å². The summed E-state index contributed by atoms with van der Waals surface area (Å²) in [5, 5.41) is 10.3. The van der Waals surface area contributed by atoms with Crippen molar-refractivity contribution in [3.05, 3.63) is 24.0 Å². The minimum atomic E-state index is 0.178. The highest BCUT2D eigenvalue weighted by molar-refractivity contribution is 5.93. The fraction of sp³-hybridized carbons (Fsp3) is 0.417. The Labute approximate surface area is 93.9 Å². The van der Waals surface area contributed by atoms with Gasteiger partial charge in [0.15, 0.2) is 0 Å². The summed E-state index contributed by atoms with van der Waals surface area (Å²) >= 11 is 0. The first-order valence-corrected chi connectivity index (χ1v) is 5.71. The molecule has 0 fully saturated rings. The Morgan fingerprint density at radius 2 is 2.44 bits per heavy atom. The molecule has 3 rings (SSSR count). The Morgan fingerprint density at radius 3 is 3.31 bits per heavy atom. The largest absolute Gasteiger partial charge is 0.395 e. The lowest BCUT2D eigenvalue weighted by atomic mass is 10.1. The number of rotatable bonds is 2. The van der Waals surface area contributed by atoms with Crippen molar-refractivity contribution >= 4 is 16.7 Å². The number of anilines is 1. The van der Waals surface area contributed by atoms with Crippen LogP contribution in [-0.2, 0) is 6.42 Å². The first-order chi connectivity index (χ1) is 7.90. The molecule has 0 spiro atoms. The first-order valence-electron chi connectivity index (χ1n) is 5.71. The molecule has 3 heterocycles. The summed E-state index contributed by atoms with van der Waals surface area (Å²) in [5.74, 6) is 1.01. The number of pyridine rings is 1. The van der Waals surface area contributed by atoms with Crippen LogP contribution < -0.4 is 4.90 Å². The van der Waals surface area contributed by atoms with E-state index in [0.29, 0.717) is 6.54 Å². The second-order valence-electron chi connectivity index (χ2n) is 4.19. The Balaban J connectivity index is 2.19. The highest BCUT2D eigenvalue weighted by Crippen LogP contribution is 2.30. The van der Waals surface area contributed by atoms with Crippen LogP contribution in [0.25, 0.3) is 10.9 Å². The second kappa shape index (κ2) is 3.79. The minimum absolute atomic E-state index is 0.178. The molecule has 16 heavy (non-hydrogen) atoms. The normalized spacial score (nSPS) is 15.4. The van der Waals surface area contributed by atoms with Crippen molar-refractivity contribution in [1.82, 2.24) is 9.97 Å². The lowest BCUT2D eigenvalue weighted by Crippen LogP contribution is -2.28. The van der Waals surface area contributed by atoms with Gasteiger partial charge in [0.25, 0.3) is 0 Å². The average molecular weight is 217 g/mol. The fourth-order valence-corrected chi connectivity index (χ4v) is 2.47. The van der Waals surface area contributed by atoms with Crippen molar-refractivity contribution in [2.24, 2.45) is 0 Å². The van der Waals surface area contributed by atoms with Crippen LogP contribution in [0, 0.1) is 0 Å². The number of aliphatic hydroxyl groups excluding tert-OH is 1. The zero-order valence-electron chi connectivity index (χ0n) is 9.11. The number of aliphatic hydroxyl groups is 1. The van der Waals surface area contributed by atoms with Gasteiger partial charge in [-0.25, -0.2) is 4.98 Å². The van der Waals surface area contributed by atoms with E-state index in [-0.39, 0.29) is 6.61 Å². The van der Waals surface area contributed by atoms with Gasteiger partial charge in [0, 0.05) is 30.9 Å². The van der Waals surface area contributed by atoms with Crippen molar-refractivity contribution in [1.29, 1.82) is 0 Å². The molecular weight excluding hydrogens is 202 g/mol. The maximum Gasteiger partial charge on any atom is 0.138 e. The number of H-pyrrole nitrogens is 1. The highest BCUT2D eigenvalue weighted by Gasteiger charge is 2.18. The lowest BCUT2D eigenvalue weighted by Gasteiger charge is -2.21. The van der Waals surface area contributed by atoms with Crippen LogP contribution in [0.15, 0.2) is 18.5 Å². The Bertz CT molecular complexity index is 506.